The van der Waals surface area contributed by atoms with Gasteiger partial charge in [-0.15, -0.1) is 0 Å². The number of rotatable bonds is 6. The van der Waals surface area contributed by atoms with Crippen LogP contribution in [0.2, 0.25) is 0 Å². The van der Waals surface area contributed by atoms with Gasteiger partial charge in [0.2, 0.25) is 10.0 Å². The Labute approximate surface area is 147 Å². The van der Waals surface area contributed by atoms with Crippen LogP contribution >= 0.6 is 0 Å². The number of sulfonamides is 1. The summed E-state index contributed by atoms with van der Waals surface area (Å²) in [4.78, 5) is 14.4. The molecule has 0 radical (unpaired) electrons. The van der Waals surface area contributed by atoms with Gasteiger partial charge in [0.15, 0.2) is 0 Å². The molecule has 1 N–H and O–H groups in total. The van der Waals surface area contributed by atoms with E-state index in [1.807, 2.05) is 0 Å². The third kappa shape index (κ3) is 3.79. The van der Waals surface area contributed by atoms with Crippen LogP contribution in [0.4, 0.5) is 0 Å². The van der Waals surface area contributed by atoms with Crippen molar-refractivity contribution in [2.75, 3.05) is 39.4 Å². The minimum absolute atomic E-state index is 0.174. The second kappa shape index (κ2) is 7.28. The Morgan fingerprint density at radius 2 is 1.80 bits per heavy atom. The van der Waals surface area contributed by atoms with Gasteiger partial charge >= 0.3 is 5.69 Å². The van der Waals surface area contributed by atoms with E-state index in [1.165, 1.54) is 15.2 Å². The Kier molecular flexibility index (Phi) is 5.28. The zero-order chi connectivity index (χ0) is 18.0. The predicted molar refractivity (Wildman–Crippen MR) is 95.2 cm³/mol. The molecule has 1 fully saturated rings. The third-order valence-electron chi connectivity index (χ3n) is 4.60. The quantitative estimate of drug-likeness (QED) is 0.719. The summed E-state index contributed by atoms with van der Waals surface area (Å²) in [5.41, 5.74) is 1.13. The summed E-state index contributed by atoms with van der Waals surface area (Å²) in [5, 5.41) is 0. The lowest BCUT2D eigenvalue weighted by Crippen LogP contribution is -2.38. The lowest BCUT2D eigenvalue weighted by molar-refractivity contribution is 0.0376. The van der Waals surface area contributed by atoms with Crippen LogP contribution in [-0.2, 0) is 28.9 Å². The Morgan fingerprint density at radius 3 is 2.52 bits per heavy atom. The molecule has 0 bridgehead atoms. The van der Waals surface area contributed by atoms with Gasteiger partial charge in [-0.25, -0.2) is 17.9 Å². The Morgan fingerprint density at radius 1 is 1.12 bits per heavy atom. The number of aromatic nitrogens is 2. The number of imidazole rings is 1. The minimum atomic E-state index is -3.59. The van der Waals surface area contributed by atoms with Crippen LogP contribution in [0.25, 0.3) is 11.0 Å². The number of nitrogens with one attached hydrogen (secondary N) is 1. The van der Waals surface area contributed by atoms with E-state index in [0.29, 0.717) is 17.6 Å². The van der Waals surface area contributed by atoms with E-state index in [9.17, 15) is 13.2 Å². The number of hydrogen-bond donors (Lipinski definition) is 1. The van der Waals surface area contributed by atoms with Gasteiger partial charge in [-0.05, 0) is 31.2 Å². The predicted octanol–water partition coefficient (Wildman–Crippen LogP) is -0.122. The van der Waals surface area contributed by atoms with Crippen LogP contribution in [0.1, 0.15) is 6.42 Å². The first-order valence-corrected chi connectivity index (χ1v) is 9.84. The Balaban J connectivity index is 1.66. The molecule has 138 valence electrons. The van der Waals surface area contributed by atoms with Crippen LogP contribution in [0.5, 0.6) is 0 Å². The van der Waals surface area contributed by atoms with Crippen molar-refractivity contribution in [1.29, 1.82) is 0 Å². The fourth-order valence-corrected chi connectivity index (χ4v) is 4.16. The molecular formula is C16H24N4O4S. The maximum absolute atomic E-state index is 12.5. The number of aryl methyl sites for hydroxylation is 2. The molecule has 0 aliphatic carbocycles. The van der Waals surface area contributed by atoms with Crippen LogP contribution in [-0.4, -0.2) is 61.8 Å². The first-order valence-electron chi connectivity index (χ1n) is 8.35. The Hall–Kier alpha value is -1.68. The van der Waals surface area contributed by atoms with Crippen molar-refractivity contribution < 1.29 is 13.2 Å². The molecule has 2 aromatic rings. The molecule has 25 heavy (non-hydrogen) atoms. The summed E-state index contributed by atoms with van der Waals surface area (Å²) in [7, 11) is -0.288. The van der Waals surface area contributed by atoms with Crippen LogP contribution in [0, 0.1) is 0 Å². The molecule has 9 heteroatoms. The second-order valence-corrected chi connectivity index (χ2v) is 8.02. The van der Waals surface area contributed by atoms with Crippen molar-refractivity contribution in [1.82, 2.24) is 18.8 Å². The lowest BCUT2D eigenvalue weighted by atomic mass is 10.3. The summed E-state index contributed by atoms with van der Waals surface area (Å²) in [6.07, 6.45) is 0.741. The van der Waals surface area contributed by atoms with Crippen molar-refractivity contribution in [2.45, 2.75) is 11.3 Å². The fourth-order valence-electron chi connectivity index (χ4n) is 3.07. The van der Waals surface area contributed by atoms with E-state index in [-0.39, 0.29) is 10.6 Å². The summed E-state index contributed by atoms with van der Waals surface area (Å²) >= 11 is 0. The number of benzene rings is 1. The number of ether oxygens (including phenoxy) is 1. The summed E-state index contributed by atoms with van der Waals surface area (Å²) in [6.45, 7) is 4.49. The van der Waals surface area contributed by atoms with Crippen molar-refractivity contribution >= 4 is 21.1 Å². The van der Waals surface area contributed by atoms with Gasteiger partial charge in [0.1, 0.15) is 0 Å². The molecule has 1 aromatic heterocycles. The standard InChI is InChI=1S/C16H24N4O4S/c1-18-14-5-4-13(12-15(14)19(2)16(18)21)25(22,23)17-6-3-7-20-8-10-24-11-9-20/h4-5,12,17H,3,6-11H2,1-2H3. The molecule has 1 aromatic carbocycles. The molecule has 2 heterocycles. The largest absolute Gasteiger partial charge is 0.379 e. The smallest absolute Gasteiger partial charge is 0.328 e. The highest BCUT2D eigenvalue weighted by Crippen LogP contribution is 2.17. The van der Waals surface area contributed by atoms with Gasteiger partial charge < -0.3 is 4.74 Å². The molecule has 0 saturated carbocycles. The van der Waals surface area contributed by atoms with E-state index in [4.69, 9.17) is 4.74 Å². The van der Waals surface area contributed by atoms with Gasteiger partial charge in [-0.3, -0.25) is 14.0 Å². The monoisotopic (exact) mass is 368 g/mol. The van der Waals surface area contributed by atoms with E-state index < -0.39 is 10.0 Å². The number of hydrogen-bond acceptors (Lipinski definition) is 5. The molecule has 0 amide bonds. The van der Waals surface area contributed by atoms with Gasteiger partial charge in [-0.1, -0.05) is 0 Å². The zero-order valence-electron chi connectivity index (χ0n) is 14.6. The van der Waals surface area contributed by atoms with Crippen LogP contribution in [0.3, 0.4) is 0 Å². The van der Waals surface area contributed by atoms with Crippen molar-refractivity contribution in [3.05, 3.63) is 28.7 Å². The first kappa shape index (κ1) is 18.1. The van der Waals surface area contributed by atoms with E-state index in [1.54, 1.807) is 26.2 Å². The van der Waals surface area contributed by atoms with Gasteiger partial charge in [-0.2, -0.15) is 0 Å². The number of fused-ring (bicyclic) bond motifs is 1. The highest BCUT2D eigenvalue weighted by atomic mass is 32.2. The molecule has 1 saturated heterocycles. The molecule has 1 aliphatic rings. The second-order valence-electron chi connectivity index (χ2n) is 6.26. The number of morpholine rings is 1. The van der Waals surface area contributed by atoms with Crippen molar-refractivity contribution in [3.63, 3.8) is 0 Å². The van der Waals surface area contributed by atoms with Crippen molar-refractivity contribution in [3.8, 4) is 0 Å². The highest BCUT2D eigenvalue weighted by Gasteiger charge is 2.17. The highest BCUT2D eigenvalue weighted by molar-refractivity contribution is 7.89. The molecule has 0 unspecified atom stereocenters. The van der Waals surface area contributed by atoms with E-state index in [2.05, 4.69) is 9.62 Å². The molecule has 8 nitrogen and oxygen atoms in total. The van der Waals surface area contributed by atoms with Crippen molar-refractivity contribution in [2.24, 2.45) is 14.1 Å². The zero-order valence-corrected chi connectivity index (χ0v) is 15.4. The summed E-state index contributed by atoms with van der Waals surface area (Å²) < 4.78 is 35.9. The fraction of sp³-hybridized carbons (Fsp3) is 0.562. The maximum Gasteiger partial charge on any atom is 0.328 e. The van der Waals surface area contributed by atoms with Crippen LogP contribution < -0.4 is 10.4 Å². The summed E-state index contributed by atoms with van der Waals surface area (Å²) in [6, 6.07) is 4.74. The topological polar surface area (TPSA) is 85.6 Å². The number of nitrogens with zero attached hydrogens (tertiary/aromatic N) is 3. The average Bonchev–Trinajstić information content (AvgIpc) is 2.84. The van der Waals surface area contributed by atoms with E-state index >= 15 is 0 Å². The first-order chi connectivity index (χ1) is 11.9. The molecule has 0 spiro atoms. The molecule has 0 atom stereocenters. The third-order valence-corrected chi connectivity index (χ3v) is 6.06. The van der Waals surface area contributed by atoms with Gasteiger partial charge in [0.25, 0.3) is 0 Å². The molecule has 3 rings (SSSR count). The average molecular weight is 368 g/mol. The Bertz CT molecular complexity index is 910. The van der Waals surface area contributed by atoms with Gasteiger partial charge in [0.05, 0.1) is 29.1 Å². The summed E-state index contributed by atoms with van der Waals surface area (Å²) in [5.74, 6) is 0. The minimum Gasteiger partial charge on any atom is -0.379 e. The molecular weight excluding hydrogens is 344 g/mol. The molecule has 1 aliphatic heterocycles. The van der Waals surface area contributed by atoms with E-state index in [0.717, 1.165) is 39.3 Å². The SMILES string of the molecule is Cn1c(=O)n(C)c2cc(S(=O)(=O)NCCCN3CCOCC3)ccc21. The normalized spacial score (nSPS) is 16.6. The van der Waals surface area contributed by atoms with Gasteiger partial charge in [0, 0.05) is 33.7 Å². The van der Waals surface area contributed by atoms with Crippen LogP contribution in [0.15, 0.2) is 27.9 Å². The lowest BCUT2D eigenvalue weighted by Gasteiger charge is -2.26. The maximum atomic E-state index is 12.5.